The van der Waals surface area contributed by atoms with E-state index < -0.39 is 0 Å². The second kappa shape index (κ2) is 5.15. The average molecular weight is 251 g/mol. The lowest BCUT2D eigenvalue weighted by atomic mass is 10.3. The first kappa shape index (κ1) is 11.9. The molecule has 90 valence electrons. The molecule has 0 saturated heterocycles. The Hall–Kier alpha value is -1.60. The number of aromatic nitrogens is 3. The SMILES string of the molecule is CC(CC(=O)NN)Sc1nnc2ccccn12. The zero-order valence-electron chi connectivity index (χ0n) is 9.33. The van der Waals surface area contributed by atoms with Gasteiger partial charge in [0, 0.05) is 17.9 Å². The Bertz CT molecular complexity index is 526. The van der Waals surface area contributed by atoms with Gasteiger partial charge in [-0.25, -0.2) is 5.84 Å². The molecule has 2 rings (SSSR count). The highest BCUT2D eigenvalue weighted by Crippen LogP contribution is 2.23. The van der Waals surface area contributed by atoms with Crippen LogP contribution in [-0.2, 0) is 4.79 Å². The maximum absolute atomic E-state index is 11.1. The van der Waals surface area contributed by atoms with Gasteiger partial charge in [-0.2, -0.15) is 0 Å². The van der Waals surface area contributed by atoms with Gasteiger partial charge in [-0.3, -0.25) is 14.6 Å². The van der Waals surface area contributed by atoms with Crippen LogP contribution in [0.25, 0.3) is 5.65 Å². The number of pyridine rings is 1. The van der Waals surface area contributed by atoms with Gasteiger partial charge in [-0.05, 0) is 12.1 Å². The molecule has 0 bridgehead atoms. The number of nitrogens with two attached hydrogens (primary N) is 1. The summed E-state index contributed by atoms with van der Waals surface area (Å²) < 4.78 is 1.89. The van der Waals surface area contributed by atoms with E-state index in [4.69, 9.17) is 5.84 Å². The van der Waals surface area contributed by atoms with E-state index in [2.05, 4.69) is 15.6 Å². The first-order valence-corrected chi connectivity index (χ1v) is 6.04. The maximum atomic E-state index is 11.1. The van der Waals surface area contributed by atoms with E-state index in [9.17, 15) is 4.79 Å². The van der Waals surface area contributed by atoms with E-state index in [0.29, 0.717) is 6.42 Å². The first-order valence-electron chi connectivity index (χ1n) is 5.16. The number of carbonyl (C=O) groups is 1. The van der Waals surface area contributed by atoms with Crippen molar-refractivity contribution in [3.8, 4) is 0 Å². The summed E-state index contributed by atoms with van der Waals surface area (Å²) >= 11 is 1.50. The van der Waals surface area contributed by atoms with Crippen LogP contribution in [0.1, 0.15) is 13.3 Å². The highest BCUT2D eigenvalue weighted by molar-refractivity contribution is 7.99. The van der Waals surface area contributed by atoms with Crippen molar-refractivity contribution in [3.63, 3.8) is 0 Å². The lowest BCUT2D eigenvalue weighted by molar-refractivity contribution is -0.121. The Kier molecular flexibility index (Phi) is 3.60. The molecule has 7 heteroatoms. The van der Waals surface area contributed by atoms with Gasteiger partial charge in [-0.15, -0.1) is 10.2 Å². The van der Waals surface area contributed by atoms with E-state index in [1.54, 1.807) is 0 Å². The van der Waals surface area contributed by atoms with E-state index in [1.807, 2.05) is 35.7 Å². The Morgan fingerprint density at radius 1 is 1.59 bits per heavy atom. The Balaban J connectivity index is 2.10. The standard InChI is InChI=1S/C10H13N5OS/c1-7(6-9(16)12-11)17-10-14-13-8-4-2-3-5-15(8)10/h2-5,7H,6,11H2,1H3,(H,12,16). The second-order valence-corrected chi connectivity index (χ2v) is 5.02. The van der Waals surface area contributed by atoms with E-state index in [0.717, 1.165) is 10.8 Å². The monoisotopic (exact) mass is 251 g/mol. The van der Waals surface area contributed by atoms with Crippen LogP contribution in [0, 0.1) is 0 Å². The van der Waals surface area contributed by atoms with Crippen molar-refractivity contribution in [1.29, 1.82) is 0 Å². The largest absolute Gasteiger partial charge is 0.294 e. The number of hydrogen-bond acceptors (Lipinski definition) is 5. The molecular weight excluding hydrogens is 238 g/mol. The Morgan fingerprint density at radius 2 is 2.41 bits per heavy atom. The van der Waals surface area contributed by atoms with Gasteiger partial charge in [0.25, 0.3) is 0 Å². The van der Waals surface area contributed by atoms with Crippen molar-refractivity contribution < 1.29 is 4.79 Å². The summed E-state index contributed by atoms with van der Waals surface area (Å²) in [5.74, 6) is 4.86. The third-order valence-electron chi connectivity index (χ3n) is 2.22. The number of carbonyl (C=O) groups excluding carboxylic acids is 1. The quantitative estimate of drug-likeness (QED) is 0.359. The zero-order chi connectivity index (χ0) is 12.3. The summed E-state index contributed by atoms with van der Waals surface area (Å²) in [6, 6.07) is 5.70. The number of nitrogens with zero attached hydrogens (tertiary/aromatic N) is 3. The predicted molar refractivity (Wildman–Crippen MR) is 65.3 cm³/mol. The minimum absolute atomic E-state index is 0.0890. The normalized spacial score (nSPS) is 12.6. The van der Waals surface area contributed by atoms with Gasteiger partial charge in [-0.1, -0.05) is 24.8 Å². The number of thioether (sulfide) groups is 1. The summed E-state index contributed by atoms with van der Waals surface area (Å²) in [5, 5.41) is 8.98. The molecular formula is C10H13N5OS. The lowest BCUT2D eigenvalue weighted by Gasteiger charge is -2.07. The third kappa shape index (κ3) is 2.75. The molecule has 3 N–H and O–H groups in total. The van der Waals surface area contributed by atoms with Gasteiger partial charge in [0.15, 0.2) is 10.8 Å². The lowest BCUT2D eigenvalue weighted by Crippen LogP contribution is -2.31. The molecule has 0 aliphatic carbocycles. The Morgan fingerprint density at radius 3 is 3.18 bits per heavy atom. The highest BCUT2D eigenvalue weighted by atomic mass is 32.2. The van der Waals surface area contributed by atoms with Gasteiger partial charge in [0.05, 0.1) is 0 Å². The molecule has 0 aromatic carbocycles. The summed E-state index contributed by atoms with van der Waals surface area (Å²) in [6.07, 6.45) is 2.25. The minimum atomic E-state index is -0.182. The number of amides is 1. The smallest absolute Gasteiger partial charge is 0.234 e. The van der Waals surface area contributed by atoms with Gasteiger partial charge < -0.3 is 0 Å². The average Bonchev–Trinajstić information content (AvgIpc) is 2.72. The molecule has 2 aromatic heterocycles. The van der Waals surface area contributed by atoms with E-state index in [1.165, 1.54) is 11.8 Å². The van der Waals surface area contributed by atoms with Crippen LogP contribution in [-0.4, -0.2) is 25.8 Å². The summed E-state index contributed by atoms with van der Waals surface area (Å²) in [5.41, 5.74) is 2.91. The van der Waals surface area contributed by atoms with Crippen LogP contribution in [0.4, 0.5) is 0 Å². The van der Waals surface area contributed by atoms with Crippen molar-refractivity contribution >= 4 is 23.3 Å². The minimum Gasteiger partial charge on any atom is -0.294 e. The second-order valence-electron chi connectivity index (χ2n) is 3.61. The fourth-order valence-corrected chi connectivity index (χ4v) is 2.39. The van der Waals surface area contributed by atoms with Crippen molar-refractivity contribution in [2.45, 2.75) is 23.8 Å². The summed E-state index contributed by atoms with van der Waals surface area (Å²) in [7, 11) is 0. The number of rotatable bonds is 4. The van der Waals surface area contributed by atoms with E-state index in [-0.39, 0.29) is 11.2 Å². The summed E-state index contributed by atoms with van der Waals surface area (Å²) in [4.78, 5) is 11.1. The molecule has 0 spiro atoms. The van der Waals surface area contributed by atoms with Crippen LogP contribution in [0.2, 0.25) is 0 Å². The first-order chi connectivity index (χ1) is 8.20. The molecule has 1 atom stereocenters. The van der Waals surface area contributed by atoms with Crippen molar-refractivity contribution in [2.24, 2.45) is 5.84 Å². The van der Waals surface area contributed by atoms with Gasteiger partial charge in [0.2, 0.25) is 5.91 Å². The van der Waals surface area contributed by atoms with Gasteiger partial charge in [0.1, 0.15) is 0 Å². The molecule has 2 aromatic rings. The number of hydrazine groups is 1. The Labute approximate surface area is 103 Å². The number of nitrogens with one attached hydrogen (secondary N) is 1. The third-order valence-corrected chi connectivity index (χ3v) is 3.28. The topological polar surface area (TPSA) is 85.3 Å². The summed E-state index contributed by atoms with van der Waals surface area (Å²) in [6.45, 7) is 1.95. The predicted octanol–water partition coefficient (Wildman–Crippen LogP) is 0.590. The van der Waals surface area contributed by atoms with Crippen LogP contribution in [0.15, 0.2) is 29.6 Å². The molecule has 0 fully saturated rings. The number of fused-ring (bicyclic) bond motifs is 1. The van der Waals surface area contributed by atoms with Crippen molar-refractivity contribution in [1.82, 2.24) is 20.0 Å². The molecule has 2 heterocycles. The molecule has 0 aliphatic rings. The van der Waals surface area contributed by atoms with Crippen LogP contribution < -0.4 is 11.3 Å². The van der Waals surface area contributed by atoms with Crippen molar-refractivity contribution in [2.75, 3.05) is 0 Å². The zero-order valence-corrected chi connectivity index (χ0v) is 10.1. The molecule has 0 aliphatic heterocycles. The molecule has 0 saturated carbocycles. The number of hydrogen-bond donors (Lipinski definition) is 2. The highest BCUT2D eigenvalue weighted by Gasteiger charge is 2.13. The molecule has 1 amide bonds. The van der Waals surface area contributed by atoms with Gasteiger partial charge >= 0.3 is 0 Å². The fourth-order valence-electron chi connectivity index (χ4n) is 1.44. The van der Waals surface area contributed by atoms with Crippen LogP contribution in [0.3, 0.4) is 0 Å². The van der Waals surface area contributed by atoms with Crippen molar-refractivity contribution in [3.05, 3.63) is 24.4 Å². The fraction of sp³-hybridized carbons (Fsp3) is 0.300. The molecule has 17 heavy (non-hydrogen) atoms. The molecule has 0 radical (unpaired) electrons. The van der Waals surface area contributed by atoms with Crippen LogP contribution >= 0.6 is 11.8 Å². The van der Waals surface area contributed by atoms with Crippen LogP contribution in [0.5, 0.6) is 0 Å². The van der Waals surface area contributed by atoms with E-state index >= 15 is 0 Å². The molecule has 6 nitrogen and oxygen atoms in total. The maximum Gasteiger partial charge on any atom is 0.234 e. The molecule has 1 unspecified atom stereocenters.